The predicted molar refractivity (Wildman–Crippen MR) is 107 cm³/mol. The highest BCUT2D eigenvalue weighted by Crippen LogP contribution is 2.23. The summed E-state index contributed by atoms with van der Waals surface area (Å²) in [5.74, 6) is 0.657. The Hall–Kier alpha value is -3.41. The molecular weight excluding hydrogens is 340 g/mol. The summed E-state index contributed by atoms with van der Waals surface area (Å²) in [4.78, 5) is 21.0. The molecule has 0 unspecified atom stereocenters. The van der Waals surface area contributed by atoms with Gasteiger partial charge in [-0.15, -0.1) is 0 Å². The first kappa shape index (κ1) is 18.4. The number of para-hydroxylation sites is 1. The fourth-order valence-corrected chi connectivity index (χ4v) is 2.60. The van der Waals surface area contributed by atoms with Gasteiger partial charge in [-0.25, -0.2) is 4.79 Å². The molecule has 0 aliphatic heterocycles. The monoisotopic (exact) mass is 362 g/mol. The van der Waals surface area contributed by atoms with Gasteiger partial charge in [0.1, 0.15) is 5.75 Å². The van der Waals surface area contributed by atoms with Crippen LogP contribution in [0.4, 0.5) is 16.2 Å². The Balaban J connectivity index is 1.72. The zero-order valence-corrected chi connectivity index (χ0v) is 15.8. The lowest BCUT2D eigenvalue weighted by atomic mass is 10.1. The molecule has 2 N–H and O–H groups in total. The fraction of sp³-hybridized carbons (Fsp3) is 0.190. The molecule has 0 saturated carbocycles. The van der Waals surface area contributed by atoms with E-state index in [1.165, 1.54) is 5.56 Å². The van der Waals surface area contributed by atoms with Crippen LogP contribution in [-0.2, 0) is 0 Å². The van der Waals surface area contributed by atoms with Crippen molar-refractivity contribution in [1.82, 2.24) is 9.97 Å². The van der Waals surface area contributed by atoms with Crippen molar-refractivity contribution in [3.05, 3.63) is 71.0 Å². The molecule has 0 radical (unpaired) electrons. The van der Waals surface area contributed by atoms with Gasteiger partial charge in [0.05, 0.1) is 17.1 Å². The van der Waals surface area contributed by atoms with Crippen molar-refractivity contribution < 1.29 is 9.53 Å². The summed E-state index contributed by atoms with van der Waals surface area (Å²) in [6.07, 6.45) is 0. The van der Waals surface area contributed by atoms with E-state index in [2.05, 4.69) is 20.6 Å². The van der Waals surface area contributed by atoms with Gasteiger partial charge in [0.15, 0.2) is 0 Å². The lowest BCUT2D eigenvalue weighted by Crippen LogP contribution is -2.21. The molecule has 6 heteroatoms. The lowest BCUT2D eigenvalue weighted by molar-refractivity contribution is 0.262. The number of aryl methyl sites for hydroxylation is 4. The van der Waals surface area contributed by atoms with Crippen LogP contribution in [0.3, 0.4) is 0 Å². The molecule has 0 bridgehead atoms. The van der Waals surface area contributed by atoms with Crippen LogP contribution in [0.2, 0.25) is 0 Å². The number of urea groups is 1. The molecule has 1 aromatic heterocycles. The number of benzene rings is 2. The van der Waals surface area contributed by atoms with Gasteiger partial charge < -0.3 is 15.4 Å². The third-order valence-corrected chi connectivity index (χ3v) is 4.21. The number of carbonyl (C=O) groups is 1. The molecular formula is C21H22N4O2. The van der Waals surface area contributed by atoms with E-state index in [9.17, 15) is 4.79 Å². The summed E-state index contributed by atoms with van der Waals surface area (Å²) >= 11 is 0. The Morgan fingerprint density at radius 2 is 1.52 bits per heavy atom. The largest absolute Gasteiger partial charge is 0.424 e. The molecule has 6 nitrogen and oxygen atoms in total. The molecule has 0 saturated heterocycles. The van der Waals surface area contributed by atoms with Gasteiger partial charge in [-0.1, -0.05) is 24.3 Å². The van der Waals surface area contributed by atoms with Crippen LogP contribution < -0.4 is 15.4 Å². The van der Waals surface area contributed by atoms with E-state index < -0.39 is 0 Å². The molecule has 0 aliphatic carbocycles. The Labute approximate surface area is 158 Å². The third kappa shape index (κ3) is 4.61. The molecule has 0 aliphatic rings. The summed E-state index contributed by atoms with van der Waals surface area (Å²) in [7, 11) is 0. The standard InChI is InChI=1S/C21H22N4O2/c1-13-10-11-17(12-14(13)2)24-20(26)25-19-15(3)22-21(23-16(19)4)27-18-8-6-5-7-9-18/h5-12H,1-4H3,(H2,24,25,26). The molecule has 3 aromatic rings. The predicted octanol–water partition coefficient (Wildman–Crippen LogP) is 5.15. The van der Waals surface area contributed by atoms with Crippen molar-refractivity contribution in [3.8, 4) is 11.8 Å². The normalized spacial score (nSPS) is 10.4. The first-order valence-electron chi connectivity index (χ1n) is 8.66. The maximum atomic E-state index is 12.3. The van der Waals surface area contributed by atoms with Crippen LogP contribution in [0.25, 0.3) is 0 Å². The van der Waals surface area contributed by atoms with Gasteiger partial charge in [-0.3, -0.25) is 0 Å². The number of hydrogen-bond donors (Lipinski definition) is 2. The molecule has 0 atom stereocenters. The topological polar surface area (TPSA) is 76.1 Å². The van der Waals surface area contributed by atoms with Crippen molar-refractivity contribution in [1.29, 1.82) is 0 Å². The zero-order valence-electron chi connectivity index (χ0n) is 15.8. The van der Waals surface area contributed by atoms with E-state index in [0.717, 1.165) is 11.3 Å². The molecule has 138 valence electrons. The number of amides is 2. The van der Waals surface area contributed by atoms with Crippen LogP contribution in [0.5, 0.6) is 11.8 Å². The Kier molecular flexibility index (Phi) is 5.35. The van der Waals surface area contributed by atoms with Crippen LogP contribution in [0, 0.1) is 27.7 Å². The summed E-state index contributed by atoms with van der Waals surface area (Å²) < 4.78 is 5.67. The Bertz CT molecular complexity index is 948. The molecule has 2 aromatic carbocycles. The average molecular weight is 362 g/mol. The van der Waals surface area contributed by atoms with Gasteiger partial charge in [0.2, 0.25) is 0 Å². The minimum atomic E-state index is -0.343. The highest BCUT2D eigenvalue weighted by Gasteiger charge is 2.13. The number of aromatic nitrogens is 2. The van der Waals surface area contributed by atoms with Crippen molar-refractivity contribution in [2.24, 2.45) is 0 Å². The van der Waals surface area contributed by atoms with E-state index in [4.69, 9.17) is 4.74 Å². The Morgan fingerprint density at radius 1 is 0.852 bits per heavy atom. The van der Waals surface area contributed by atoms with Crippen LogP contribution in [-0.4, -0.2) is 16.0 Å². The summed E-state index contributed by atoms with van der Waals surface area (Å²) in [6, 6.07) is 15.0. The smallest absolute Gasteiger partial charge is 0.323 e. The maximum absolute atomic E-state index is 12.3. The summed E-state index contributed by atoms with van der Waals surface area (Å²) in [5.41, 5.74) is 4.85. The van der Waals surface area contributed by atoms with Gasteiger partial charge >= 0.3 is 12.0 Å². The van der Waals surface area contributed by atoms with Crippen molar-refractivity contribution >= 4 is 17.4 Å². The number of rotatable bonds is 4. The number of nitrogens with zero attached hydrogens (tertiary/aromatic N) is 2. The minimum Gasteiger partial charge on any atom is -0.424 e. The van der Waals surface area contributed by atoms with Crippen molar-refractivity contribution in [2.75, 3.05) is 10.6 Å². The van der Waals surface area contributed by atoms with Crippen LogP contribution in [0.1, 0.15) is 22.5 Å². The number of anilines is 2. The zero-order chi connectivity index (χ0) is 19.4. The molecule has 2 amide bonds. The second kappa shape index (κ2) is 7.86. The summed E-state index contributed by atoms with van der Waals surface area (Å²) in [6.45, 7) is 7.64. The number of hydrogen-bond acceptors (Lipinski definition) is 4. The minimum absolute atomic E-state index is 0.247. The molecule has 0 fully saturated rings. The van der Waals surface area contributed by atoms with Crippen molar-refractivity contribution in [3.63, 3.8) is 0 Å². The summed E-state index contributed by atoms with van der Waals surface area (Å²) in [5, 5.41) is 5.65. The quantitative estimate of drug-likeness (QED) is 0.673. The number of nitrogens with one attached hydrogen (secondary N) is 2. The average Bonchev–Trinajstić information content (AvgIpc) is 2.62. The third-order valence-electron chi connectivity index (χ3n) is 4.21. The van der Waals surface area contributed by atoms with Gasteiger partial charge in [0.25, 0.3) is 0 Å². The highest BCUT2D eigenvalue weighted by molar-refractivity contribution is 6.00. The Morgan fingerprint density at radius 3 is 2.15 bits per heavy atom. The molecule has 1 heterocycles. The van der Waals surface area contributed by atoms with Crippen molar-refractivity contribution in [2.45, 2.75) is 27.7 Å². The second-order valence-electron chi connectivity index (χ2n) is 6.35. The number of carbonyl (C=O) groups excluding carboxylic acids is 1. The van der Waals surface area contributed by atoms with E-state index in [1.54, 1.807) is 13.8 Å². The van der Waals surface area contributed by atoms with Crippen LogP contribution >= 0.6 is 0 Å². The van der Waals surface area contributed by atoms with E-state index in [1.807, 2.05) is 62.4 Å². The molecule has 27 heavy (non-hydrogen) atoms. The number of ether oxygens (including phenoxy) is 1. The van der Waals surface area contributed by atoms with Gasteiger partial charge in [-0.05, 0) is 63.1 Å². The lowest BCUT2D eigenvalue weighted by Gasteiger charge is -2.13. The maximum Gasteiger partial charge on any atom is 0.323 e. The second-order valence-corrected chi connectivity index (χ2v) is 6.35. The first-order chi connectivity index (χ1) is 12.9. The van der Waals surface area contributed by atoms with Gasteiger partial charge in [0, 0.05) is 5.69 Å². The molecule has 0 spiro atoms. The van der Waals surface area contributed by atoms with E-state index in [0.29, 0.717) is 22.8 Å². The van der Waals surface area contributed by atoms with E-state index >= 15 is 0 Å². The SMILES string of the molecule is Cc1ccc(NC(=O)Nc2c(C)nc(Oc3ccccc3)nc2C)cc1C. The first-order valence-corrected chi connectivity index (χ1v) is 8.66. The van der Waals surface area contributed by atoms with Gasteiger partial charge in [-0.2, -0.15) is 9.97 Å². The fourth-order valence-electron chi connectivity index (χ4n) is 2.60. The highest BCUT2D eigenvalue weighted by atomic mass is 16.5. The molecule has 3 rings (SSSR count). The van der Waals surface area contributed by atoms with Crippen LogP contribution in [0.15, 0.2) is 48.5 Å². The van der Waals surface area contributed by atoms with E-state index in [-0.39, 0.29) is 12.0 Å².